The van der Waals surface area contributed by atoms with Gasteiger partial charge in [0.15, 0.2) is 0 Å². The highest BCUT2D eigenvalue weighted by Gasteiger charge is 1.99. The minimum atomic E-state index is 0.710. The average molecular weight is 359 g/mol. The summed E-state index contributed by atoms with van der Waals surface area (Å²) in [6.07, 6.45) is 0. The van der Waals surface area contributed by atoms with Crippen LogP contribution >= 0.6 is 27.7 Å². The summed E-state index contributed by atoms with van der Waals surface area (Å²) in [7, 11) is 0. The molecule has 0 saturated carbocycles. The molecule has 0 aliphatic heterocycles. The predicted octanol–water partition coefficient (Wildman–Crippen LogP) is 5.77. The van der Waals surface area contributed by atoms with Crippen LogP contribution in [0.5, 0.6) is 5.75 Å². The van der Waals surface area contributed by atoms with E-state index in [1.807, 2.05) is 23.9 Å². The number of thioether (sulfide) groups is 1. The molecule has 0 heterocycles. The van der Waals surface area contributed by atoms with Gasteiger partial charge in [0.25, 0.3) is 0 Å². The lowest BCUT2D eigenvalue weighted by molar-refractivity contribution is 0.344. The zero-order valence-corrected chi connectivity index (χ0v) is 13.9. The Kier molecular flexibility index (Phi) is 4.84. The lowest BCUT2D eigenvalue weighted by Gasteiger charge is -2.07. The first kappa shape index (κ1) is 14.5. The summed E-state index contributed by atoms with van der Waals surface area (Å²) < 4.78 is 6.93. The van der Waals surface area contributed by atoms with Gasteiger partial charge in [-0.15, -0.1) is 11.8 Å². The minimum absolute atomic E-state index is 0.710. The maximum absolute atomic E-state index is 5.83. The van der Waals surface area contributed by atoms with Crippen molar-refractivity contribution >= 4 is 38.5 Å². The number of ether oxygens (including phenoxy) is 1. The highest BCUT2D eigenvalue weighted by atomic mass is 79.9. The Hall–Kier alpha value is -1.45. The van der Waals surface area contributed by atoms with Crippen molar-refractivity contribution in [3.8, 4) is 5.75 Å². The summed E-state index contributed by atoms with van der Waals surface area (Å²) in [5, 5.41) is 2.42. The third-order valence-electron chi connectivity index (χ3n) is 3.14. The van der Waals surface area contributed by atoms with Crippen molar-refractivity contribution in [2.45, 2.75) is 4.90 Å². The average Bonchev–Trinajstić information content (AvgIpc) is 2.52. The van der Waals surface area contributed by atoms with Gasteiger partial charge in [0.05, 0.1) is 6.61 Å². The SMILES string of the molecule is Brc1ccc2cc(OCCSc3ccccc3)ccc2c1. The molecule has 0 N–H and O–H groups in total. The van der Waals surface area contributed by atoms with E-state index >= 15 is 0 Å². The predicted molar refractivity (Wildman–Crippen MR) is 94.3 cm³/mol. The Morgan fingerprint density at radius 3 is 2.48 bits per heavy atom. The van der Waals surface area contributed by atoms with Crippen molar-refractivity contribution in [3.05, 3.63) is 71.2 Å². The van der Waals surface area contributed by atoms with Gasteiger partial charge in [-0.3, -0.25) is 0 Å². The van der Waals surface area contributed by atoms with E-state index < -0.39 is 0 Å². The van der Waals surface area contributed by atoms with Crippen LogP contribution in [-0.4, -0.2) is 12.4 Å². The molecule has 0 atom stereocenters. The van der Waals surface area contributed by atoms with Crippen LogP contribution < -0.4 is 4.74 Å². The maximum Gasteiger partial charge on any atom is 0.119 e. The molecule has 0 amide bonds. The second-order valence-electron chi connectivity index (χ2n) is 4.66. The smallest absolute Gasteiger partial charge is 0.119 e. The highest BCUT2D eigenvalue weighted by Crippen LogP contribution is 2.24. The summed E-state index contributed by atoms with van der Waals surface area (Å²) in [6, 6.07) is 22.9. The summed E-state index contributed by atoms with van der Waals surface area (Å²) in [6.45, 7) is 0.710. The van der Waals surface area contributed by atoms with Crippen LogP contribution in [0.15, 0.2) is 76.1 Å². The monoisotopic (exact) mass is 358 g/mol. The van der Waals surface area contributed by atoms with Gasteiger partial charge in [0.1, 0.15) is 5.75 Å². The van der Waals surface area contributed by atoms with Gasteiger partial charge < -0.3 is 4.74 Å². The third-order valence-corrected chi connectivity index (χ3v) is 4.61. The van der Waals surface area contributed by atoms with E-state index in [4.69, 9.17) is 4.74 Å². The first-order chi connectivity index (χ1) is 10.3. The Labute approximate surface area is 137 Å². The molecule has 0 aliphatic carbocycles. The van der Waals surface area contributed by atoms with E-state index in [-0.39, 0.29) is 0 Å². The third kappa shape index (κ3) is 4.02. The van der Waals surface area contributed by atoms with Gasteiger partial charge in [-0.2, -0.15) is 0 Å². The molecule has 0 aromatic heterocycles. The first-order valence-electron chi connectivity index (χ1n) is 6.81. The molecule has 0 bridgehead atoms. The van der Waals surface area contributed by atoms with Gasteiger partial charge >= 0.3 is 0 Å². The Morgan fingerprint density at radius 1 is 0.857 bits per heavy atom. The number of hydrogen-bond donors (Lipinski definition) is 0. The van der Waals surface area contributed by atoms with Crippen LogP contribution in [0.4, 0.5) is 0 Å². The summed E-state index contributed by atoms with van der Waals surface area (Å²) in [5.74, 6) is 1.88. The molecule has 3 aromatic carbocycles. The van der Waals surface area contributed by atoms with Crippen molar-refractivity contribution in [3.63, 3.8) is 0 Å². The van der Waals surface area contributed by atoms with Gasteiger partial charge in [0.2, 0.25) is 0 Å². The molecule has 0 fully saturated rings. The number of fused-ring (bicyclic) bond motifs is 1. The molecule has 1 nitrogen and oxygen atoms in total. The molecule has 3 rings (SSSR count). The number of benzene rings is 3. The Bertz CT molecular complexity index is 728. The van der Waals surface area contributed by atoms with E-state index in [1.54, 1.807) is 0 Å². The van der Waals surface area contributed by atoms with Crippen molar-refractivity contribution in [2.75, 3.05) is 12.4 Å². The molecule has 0 aliphatic rings. The fourth-order valence-corrected chi connectivity index (χ4v) is 3.25. The van der Waals surface area contributed by atoms with Gasteiger partial charge in [-0.25, -0.2) is 0 Å². The van der Waals surface area contributed by atoms with Crippen LogP contribution in [0.25, 0.3) is 10.8 Å². The largest absolute Gasteiger partial charge is 0.493 e. The maximum atomic E-state index is 5.83. The van der Waals surface area contributed by atoms with Gasteiger partial charge in [-0.1, -0.05) is 46.3 Å². The minimum Gasteiger partial charge on any atom is -0.493 e. The molecule has 21 heavy (non-hydrogen) atoms. The first-order valence-corrected chi connectivity index (χ1v) is 8.59. The molecule has 106 valence electrons. The Morgan fingerprint density at radius 2 is 1.62 bits per heavy atom. The fourth-order valence-electron chi connectivity index (χ4n) is 2.12. The Balaban J connectivity index is 1.57. The summed E-state index contributed by atoms with van der Waals surface area (Å²) >= 11 is 5.30. The van der Waals surface area contributed by atoms with Crippen molar-refractivity contribution < 1.29 is 4.74 Å². The summed E-state index contributed by atoms with van der Waals surface area (Å²) in [5.41, 5.74) is 0. The highest BCUT2D eigenvalue weighted by molar-refractivity contribution is 9.10. The molecule has 3 heteroatoms. The van der Waals surface area contributed by atoms with E-state index in [9.17, 15) is 0 Å². The van der Waals surface area contributed by atoms with Crippen LogP contribution in [0.3, 0.4) is 0 Å². The van der Waals surface area contributed by atoms with Crippen LogP contribution in [0.2, 0.25) is 0 Å². The van der Waals surface area contributed by atoms with Crippen molar-refractivity contribution in [1.29, 1.82) is 0 Å². The topological polar surface area (TPSA) is 9.23 Å². The zero-order chi connectivity index (χ0) is 14.5. The molecule has 3 aromatic rings. The number of rotatable bonds is 5. The molecule has 0 radical (unpaired) electrons. The number of hydrogen-bond acceptors (Lipinski definition) is 2. The van der Waals surface area contributed by atoms with Crippen LogP contribution in [0, 0.1) is 0 Å². The molecular formula is C18H15BrOS. The second-order valence-corrected chi connectivity index (χ2v) is 6.75. The lowest BCUT2D eigenvalue weighted by Crippen LogP contribution is -1.99. The van der Waals surface area contributed by atoms with Crippen LogP contribution in [0.1, 0.15) is 0 Å². The second kappa shape index (κ2) is 7.01. The normalized spacial score (nSPS) is 10.7. The van der Waals surface area contributed by atoms with E-state index in [0.717, 1.165) is 16.0 Å². The lowest BCUT2D eigenvalue weighted by atomic mass is 10.1. The van der Waals surface area contributed by atoms with E-state index in [1.165, 1.54) is 15.7 Å². The van der Waals surface area contributed by atoms with Gasteiger partial charge in [0, 0.05) is 15.1 Å². The van der Waals surface area contributed by atoms with Crippen molar-refractivity contribution in [1.82, 2.24) is 0 Å². The van der Waals surface area contributed by atoms with Gasteiger partial charge in [-0.05, 0) is 47.2 Å². The quantitative estimate of drug-likeness (QED) is 0.422. The fraction of sp³-hybridized carbons (Fsp3) is 0.111. The standard InChI is InChI=1S/C18H15BrOS/c19-16-8-6-15-13-17(9-7-14(15)12-16)20-10-11-21-18-4-2-1-3-5-18/h1-9,12-13H,10-11H2. The number of halogens is 1. The van der Waals surface area contributed by atoms with Crippen molar-refractivity contribution in [2.24, 2.45) is 0 Å². The molecule has 0 saturated heterocycles. The van der Waals surface area contributed by atoms with E-state index in [0.29, 0.717) is 6.61 Å². The zero-order valence-electron chi connectivity index (χ0n) is 11.5. The molecular weight excluding hydrogens is 344 g/mol. The van der Waals surface area contributed by atoms with Crippen LogP contribution in [-0.2, 0) is 0 Å². The van der Waals surface area contributed by atoms with E-state index in [2.05, 4.69) is 70.5 Å². The molecule has 0 spiro atoms. The summed E-state index contributed by atoms with van der Waals surface area (Å²) in [4.78, 5) is 1.28. The molecule has 0 unspecified atom stereocenters.